The second-order valence-corrected chi connectivity index (χ2v) is 6.04. The van der Waals surface area contributed by atoms with Crippen LogP contribution in [-0.2, 0) is 16.6 Å². The van der Waals surface area contributed by atoms with Crippen LogP contribution in [0, 0.1) is 18.6 Å². The lowest BCUT2D eigenvalue weighted by molar-refractivity contribution is 0.466. The molecule has 0 saturated heterocycles. The van der Waals surface area contributed by atoms with E-state index in [1.165, 1.54) is 13.0 Å². The highest BCUT2D eigenvalue weighted by Gasteiger charge is 2.22. The van der Waals surface area contributed by atoms with E-state index in [4.69, 9.17) is 4.42 Å². The molecule has 0 saturated carbocycles. The van der Waals surface area contributed by atoms with Crippen LogP contribution in [0.3, 0.4) is 0 Å². The number of anilines is 1. The second-order valence-electron chi connectivity index (χ2n) is 4.39. The van der Waals surface area contributed by atoms with Gasteiger partial charge in [-0.25, -0.2) is 17.2 Å². The molecule has 1 aromatic heterocycles. The molecule has 0 radical (unpaired) electrons. The monoisotopic (exact) mass is 316 g/mol. The number of hydrogen-bond donors (Lipinski definition) is 2. The van der Waals surface area contributed by atoms with Gasteiger partial charge in [-0.05, 0) is 26.1 Å². The lowest BCUT2D eigenvalue weighted by atomic mass is 10.3. The van der Waals surface area contributed by atoms with Crippen LogP contribution in [0.5, 0.6) is 0 Å². The van der Waals surface area contributed by atoms with Crippen molar-refractivity contribution in [1.82, 2.24) is 5.32 Å². The molecule has 2 aromatic rings. The third kappa shape index (κ3) is 3.40. The topological polar surface area (TPSA) is 71.3 Å². The van der Waals surface area contributed by atoms with Gasteiger partial charge in [-0.1, -0.05) is 0 Å². The van der Waals surface area contributed by atoms with Crippen LogP contribution in [0.15, 0.2) is 33.6 Å². The summed E-state index contributed by atoms with van der Waals surface area (Å²) < 4.78 is 58.2. The van der Waals surface area contributed by atoms with Crippen molar-refractivity contribution in [3.63, 3.8) is 0 Å². The normalized spacial score (nSPS) is 11.6. The van der Waals surface area contributed by atoms with E-state index in [0.29, 0.717) is 18.4 Å². The molecule has 0 aliphatic carbocycles. The van der Waals surface area contributed by atoms with Gasteiger partial charge in [0.2, 0.25) is 0 Å². The molecule has 5 nitrogen and oxygen atoms in total. The number of benzene rings is 1. The average molecular weight is 316 g/mol. The van der Waals surface area contributed by atoms with Crippen molar-refractivity contribution < 1.29 is 21.6 Å². The summed E-state index contributed by atoms with van der Waals surface area (Å²) in [6.45, 7) is 1.86. The Balaban J connectivity index is 2.34. The number of hydrogen-bond acceptors (Lipinski definition) is 4. The smallest absolute Gasteiger partial charge is 0.265 e. The summed E-state index contributed by atoms with van der Waals surface area (Å²) in [6.07, 6.45) is 0. The molecule has 0 bridgehead atoms. The van der Waals surface area contributed by atoms with Crippen molar-refractivity contribution >= 4 is 15.7 Å². The number of furan rings is 1. The highest BCUT2D eigenvalue weighted by atomic mass is 32.2. The standard InChI is InChI=1S/C13H14F2N2O3S/c1-8-13(6-10(20-8)7-16-2)21(18,19)17-12-4-3-9(14)5-11(12)15/h3-6,16-17H,7H2,1-2H3. The van der Waals surface area contributed by atoms with Crippen LogP contribution in [0.25, 0.3) is 0 Å². The largest absolute Gasteiger partial charge is 0.464 e. The molecule has 21 heavy (non-hydrogen) atoms. The lowest BCUT2D eigenvalue weighted by Crippen LogP contribution is -2.14. The number of nitrogens with one attached hydrogen (secondary N) is 2. The Morgan fingerprint density at radius 3 is 2.57 bits per heavy atom. The molecule has 8 heteroatoms. The number of halogens is 2. The molecule has 114 valence electrons. The summed E-state index contributed by atoms with van der Waals surface area (Å²) in [5.41, 5.74) is -0.327. The van der Waals surface area contributed by atoms with E-state index in [9.17, 15) is 17.2 Å². The van der Waals surface area contributed by atoms with E-state index in [2.05, 4.69) is 10.0 Å². The minimum absolute atomic E-state index is 0.0866. The van der Waals surface area contributed by atoms with Gasteiger partial charge in [0.1, 0.15) is 28.1 Å². The number of sulfonamides is 1. The fourth-order valence-electron chi connectivity index (χ4n) is 1.82. The Morgan fingerprint density at radius 1 is 1.24 bits per heavy atom. The maximum Gasteiger partial charge on any atom is 0.265 e. The van der Waals surface area contributed by atoms with Crippen molar-refractivity contribution in [3.05, 3.63) is 47.4 Å². The summed E-state index contributed by atoms with van der Waals surface area (Å²) in [6, 6.07) is 3.95. The van der Waals surface area contributed by atoms with E-state index < -0.39 is 21.7 Å². The van der Waals surface area contributed by atoms with Crippen LogP contribution in [0.1, 0.15) is 11.5 Å². The third-order valence-corrected chi connectivity index (χ3v) is 4.21. The van der Waals surface area contributed by atoms with E-state index in [1.807, 2.05) is 0 Å². The average Bonchev–Trinajstić information content (AvgIpc) is 2.75. The Bertz CT molecular complexity index is 757. The lowest BCUT2D eigenvalue weighted by Gasteiger charge is -2.07. The van der Waals surface area contributed by atoms with Gasteiger partial charge in [-0.3, -0.25) is 4.72 Å². The minimum atomic E-state index is -4.01. The number of rotatable bonds is 5. The van der Waals surface area contributed by atoms with Gasteiger partial charge >= 0.3 is 0 Å². The van der Waals surface area contributed by atoms with Crippen molar-refractivity contribution in [3.8, 4) is 0 Å². The first-order chi connectivity index (χ1) is 9.83. The van der Waals surface area contributed by atoms with E-state index >= 15 is 0 Å². The quantitative estimate of drug-likeness (QED) is 0.888. The predicted octanol–water partition coefficient (Wildman–Crippen LogP) is 2.39. The predicted molar refractivity (Wildman–Crippen MR) is 73.4 cm³/mol. The Morgan fingerprint density at radius 2 is 1.95 bits per heavy atom. The molecular weight excluding hydrogens is 302 g/mol. The highest BCUT2D eigenvalue weighted by Crippen LogP contribution is 2.24. The summed E-state index contributed by atoms with van der Waals surface area (Å²) >= 11 is 0. The first-order valence-corrected chi connectivity index (χ1v) is 7.53. The van der Waals surface area contributed by atoms with Crippen LogP contribution >= 0.6 is 0 Å². The molecule has 0 spiro atoms. The fraction of sp³-hybridized carbons (Fsp3) is 0.231. The minimum Gasteiger partial charge on any atom is -0.464 e. The molecule has 0 unspecified atom stereocenters. The van der Waals surface area contributed by atoms with Gasteiger partial charge < -0.3 is 9.73 Å². The molecule has 1 aromatic carbocycles. The zero-order valence-electron chi connectivity index (χ0n) is 11.4. The SMILES string of the molecule is CNCc1cc(S(=O)(=O)Nc2ccc(F)cc2F)c(C)o1. The summed E-state index contributed by atoms with van der Waals surface area (Å²) in [5.74, 6) is -1.15. The fourth-order valence-corrected chi connectivity index (χ4v) is 3.10. The summed E-state index contributed by atoms with van der Waals surface area (Å²) in [5, 5.41) is 2.83. The molecule has 0 aliphatic heterocycles. The van der Waals surface area contributed by atoms with Crippen LogP contribution in [0.4, 0.5) is 14.5 Å². The van der Waals surface area contributed by atoms with Gasteiger partial charge in [-0.2, -0.15) is 0 Å². The first-order valence-electron chi connectivity index (χ1n) is 6.05. The zero-order valence-corrected chi connectivity index (χ0v) is 12.2. The van der Waals surface area contributed by atoms with Gasteiger partial charge in [0.25, 0.3) is 10.0 Å². The Kier molecular flexibility index (Phi) is 4.29. The van der Waals surface area contributed by atoms with Crippen molar-refractivity contribution in [2.45, 2.75) is 18.4 Å². The van der Waals surface area contributed by atoms with E-state index in [-0.39, 0.29) is 16.3 Å². The van der Waals surface area contributed by atoms with Crippen LogP contribution in [-0.4, -0.2) is 15.5 Å². The van der Waals surface area contributed by atoms with Crippen LogP contribution < -0.4 is 10.0 Å². The number of aryl methyl sites for hydroxylation is 1. The zero-order chi connectivity index (χ0) is 15.6. The molecule has 2 rings (SSSR count). The summed E-state index contributed by atoms with van der Waals surface area (Å²) in [7, 11) is -2.32. The maximum absolute atomic E-state index is 13.5. The van der Waals surface area contributed by atoms with Crippen molar-refractivity contribution in [2.24, 2.45) is 0 Å². The third-order valence-electron chi connectivity index (χ3n) is 2.74. The molecule has 0 atom stereocenters. The van der Waals surface area contributed by atoms with Gasteiger partial charge in [0, 0.05) is 12.1 Å². The molecule has 2 N–H and O–H groups in total. The first kappa shape index (κ1) is 15.5. The molecule has 0 fully saturated rings. The van der Waals surface area contributed by atoms with Gasteiger partial charge in [0.15, 0.2) is 0 Å². The maximum atomic E-state index is 13.5. The summed E-state index contributed by atoms with van der Waals surface area (Å²) in [4.78, 5) is -0.0866. The second kappa shape index (κ2) is 5.82. The van der Waals surface area contributed by atoms with Crippen molar-refractivity contribution in [1.29, 1.82) is 0 Å². The Labute approximate surface area is 121 Å². The van der Waals surface area contributed by atoms with Crippen LogP contribution in [0.2, 0.25) is 0 Å². The Hall–Kier alpha value is -1.93. The van der Waals surface area contributed by atoms with Gasteiger partial charge in [0.05, 0.1) is 12.2 Å². The molecule has 0 amide bonds. The van der Waals surface area contributed by atoms with E-state index in [1.54, 1.807) is 7.05 Å². The molecule has 1 heterocycles. The van der Waals surface area contributed by atoms with Crippen molar-refractivity contribution in [2.75, 3.05) is 11.8 Å². The molecular formula is C13H14F2N2O3S. The van der Waals surface area contributed by atoms with E-state index in [0.717, 1.165) is 12.1 Å². The molecule has 0 aliphatic rings. The van der Waals surface area contributed by atoms with Gasteiger partial charge in [-0.15, -0.1) is 0 Å². The highest BCUT2D eigenvalue weighted by molar-refractivity contribution is 7.92.